The molecule has 0 aliphatic heterocycles. The van der Waals surface area contributed by atoms with Crippen LogP contribution in [0.2, 0.25) is 5.02 Å². The van der Waals surface area contributed by atoms with Crippen LogP contribution in [0, 0.1) is 11.8 Å². The SMILES string of the molecule is Clc1ccc(C2CCC(C3CCCCC3)CC2)cc1. The Hall–Kier alpha value is -0.490. The molecule has 2 saturated carbocycles. The summed E-state index contributed by atoms with van der Waals surface area (Å²) in [6.45, 7) is 0. The van der Waals surface area contributed by atoms with E-state index in [1.54, 1.807) is 0 Å². The molecule has 0 atom stereocenters. The molecule has 0 bridgehead atoms. The first-order valence-corrected chi connectivity index (χ1v) is 8.46. The zero-order valence-corrected chi connectivity index (χ0v) is 12.5. The van der Waals surface area contributed by atoms with Crippen molar-refractivity contribution in [3.63, 3.8) is 0 Å². The molecule has 1 heteroatoms. The summed E-state index contributed by atoms with van der Waals surface area (Å²) in [4.78, 5) is 0. The minimum absolute atomic E-state index is 0.789. The minimum atomic E-state index is 0.789. The molecule has 0 unspecified atom stereocenters. The molecule has 0 heterocycles. The molecule has 0 spiro atoms. The van der Waals surface area contributed by atoms with Crippen molar-refractivity contribution in [2.75, 3.05) is 0 Å². The molecular formula is C18H25Cl. The van der Waals surface area contributed by atoms with E-state index in [0.717, 1.165) is 22.8 Å². The molecule has 0 N–H and O–H groups in total. The fourth-order valence-electron chi connectivity index (χ4n) is 4.26. The van der Waals surface area contributed by atoms with Crippen molar-refractivity contribution in [2.45, 2.75) is 63.7 Å². The van der Waals surface area contributed by atoms with Gasteiger partial charge in [-0.15, -0.1) is 0 Å². The molecule has 2 fully saturated rings. The van der Waals surface area contributed by atoms with Gasteiger partial charge in [0.05, 0.1) is 0 Å². The molecule has 0 nitrogen and oxygen atoms in total. The Bertz CT molecular complexity index is 381. The largest absolute Gasteiger partial charge is 0.0843 e. The van der Waals surface area contributed by atoms with Gasteiger partial charge in [0.1, 0.15) is 0 Å². The normalized spacial score (nSPS) is 29.3. The smallest absolute Gasteiger partial charge is 0.0406 e. The van der Waals surface area contributed by atoms with Crippen molar-refractivity contribution >= 4 is 11.6 Å². The van der Waals surface area contributed by atoms with Crippen molar-refractivity contribution < 1.29 is 0 Å². The molecule has 0 aromatic heterocycles. The number of hydrogen-bond acceptors (Lipinski definition) is 0. The van der Waals surface area contributed by atoms with Crippen LogP contribution in [0.4, 0.5) is 0 Å². The van der Waals surface area contributed by atoms with Crippen LogP contribution in [0.3, 0.4) is 0 Å². The van der Waals surface area contributed by atoms with Gasteiger partial charge in [-0.1, -0.05) is 55.8 Å². The third-order valence-electron chi connectivity index (χ3n) is 5.43. The Kier molecular flexibility index (Phi) is 4.48. The quantitative estimate of drug-likeness (QED) is 0.604. The number of halogens is 1. The third-order valence-corrected chi connectivity index (χ3v) is 5.68. The third kappa shape index (κ3) is 3.34. The maximum absolute atomic E-state index is 5.98. The van der Waals surface area contributed by atoms with Gasteiger partial charge in [0, 0.05) is 5.02 Å². The van der Waals surface area contributed by atoms with Crippen LogP contribution in [0.15, 0.2) is 24.3 Å². The van der Waals surface area contributed by atoms with E-state index >= 15 is 0 Å². The van der Waals surface area contributed by atoms with E-state index in [9.17, 15) is 0 Å². The predicted molar refractivity (Wildman–Crippen MR) is 82.7 cm³/mol. The van der Waals surface area contributed by atoms with Crippen LogP contribution in [0.1, 0.15) is 69.3 Å². The highest BCUT2D eigenvalue weighted by atomic mass is 35.5. The number of rotatable bonds is 2. The first kappa shape index (κ1) is 13.5. The van der Waals surface area contributed by atoms with Gasteiger partial charge in [-0.25, -0.2) is 0 Å². The summed E-state index contributed by atoms with van der Waals surface area (Å²) in [5, 5.41) is 0.861. The maximum Gasteiger partial charge on any atom is 0.0406 e. The average Bonchev–Trinajstić information content (AvgIpc) is 2.49. The highest BCUT2D eigenvalue weighted by molar-refractivity contribution is 6.30. The molecule has 0 saturated heterocycles. The summed E-state index contributed by atoms with van der Waals surface area (Å²) in [5.41, 5.74) is 1.51. The second-order valence-corrected chi connectivity index (χ2v) is 7.00. The first-order valence-electron chi connectivity index (χ1n) is 8.08. The molecule has 2 aliphatic rings. The topological polar surface area (TPSA) is 0 Å². The van der Waals surface area contributed by atoms with Crippen molar-refractivity contribution in [3.8, 4) is 0 Å². The van der Waals surface area contributed by atoms with Crippen LogP contribution in [-0.2, 0) is 0 Å². The van der Waals surface area contributed by atoms with Crippen LogP contribution in [0.25, 0.3) is 0 Å². The second kappa shape index (κ2) is 6.31. The summed E-state index contributed by atoms with van der Waals surface area (Å²) < 4.78 is 0. The van der Waals surface area contributed by atoms with E-state index in [2.05, 4.69) is 12.1 Å². The zero-order valence-electron chi connectivity index (χ0n) is 11.8. The lowest BCUT2D eigenvalue weighted by atomic mass is 9.70. The number of hydrogen-bond donors (Lipinski definition) is 0. The molecular weight excluding hydrogens is 252 g/mol. The summed E-state index contributed by atoms with van der Waals surface area (Å²) in [6.07, 6.45) is 13.2. The Morgan fingerprint density at radius 1 is 0.684 bits per heavy atom. The monoisotopic (exact) mass is 276 g/mol. The highest BCUT2D eigenvalue weighted by Gasteiger charge is 2.28. The van der Waals surface area contributed by atoms with Crippen molar-refractivity contribution in [1.82, 2.24) is 0 Å². The van der Waals surface area contributed by atoms with Gasteiger partial charge in [-0.2, -0.15) is 0 Å². The summed E-state index contributed by atoms with van der Waals surface area (Å²) >= 11 is 5.98. The molecule has 1 aromatic rings. The van der Waals surface area contributed by atoms with Gasteiger partial charge in [-0.05, 0) is 61.1 Å². The van der Waals surface area contributed by atoms with E-state index in [1.165, 1.54) is 63.4 Å². The van der Waals surface area contributed by atoms with E-state index in [4.69, 9.17) is 11.6 Å². The molecule has 2 aliphatic carbocycles. The Morgan fingerprint density at radius 2 is 1.26 bits per heavy atom. The maximum atomic E-state index is 5.98. The molecule has 0 amide bonds. The van der Waals surface area contributed by atoms with E-state index < -0.39 is 0 Å². The van der Waals surface area contributed by atoms with Crippen LogP contribution in [-0.4, -0.2) is 0 Å². The van der Waals surface area contributed by atoms with Gasteiger partial charge < -0.3 is 0 Å². The predicted octanol–water partition coefficient (Wildman–Crippen LogP) is 6.19. The second-order valence-electron chi connectivity index (χ2n) is 6.56. The first-order chi connectivity index (χ1) is 9.33. The van der Waals surface area contributed by atoms with Crippen LogP contribution in [0.5, 0.6) is 0 Å². The van der Waals surface area contributed by atoms with Gasteiger partial charge in [0.2, 0.25) is 0 Å². The van der Waals surface area contributed by atoms with Gasteiger partial charge in [0.15, 0.2) is 0 Å². The lowest BCUT2D eigenvalue weighted by molar-refractivity contribution is 0.186. The fourth-order valence-corrected chi connectivity index (χ4v) is 4.39. The molecule has 19 heavy (non-hydrogen) atoms. The summed E-state index contributed by atoms with van der Waals surface area (Å²) in [6, 6.07) is 8.55. The van der Waals surface area contributed by atoms with Crippen LogP contribution < -0.4 is 0 Å². The van der Waals surface area contributed by atoms with E-state index in [-0.39, 0.29) is 0 Å². The van der Waals surface area contributed by atoms with Gasteiger partial charge >= 0.3 is 0 Å². The average molecular weight is 277 g/mol. The Morgan fingerprint density at radius 3 is 1.89 bits per heavy atom. The minimum Gasteiger partial charge on any atom is -0.0843 e. The molecule has 1 aromatic carbocycles. The van der Waals surface area contributed by atoms with Crippen molar-refractivity contribution in [2.24, 2.45) is 11.8 Å². The Balaban J connectivity index is 1.55. The lowest BCUT2D eigenvalue weighted by Gasteiger charge is -2.36. The van der Waals surface area contributed by atoms with Gasteiger partial charge in [-0.3, -0.25) is 0 Å². The van der Waals surface area contributed by atoms with E-state index in [0.29, 0.717) is 0 Å². The van der Waals surface area contributed by atoms with Gasteiger partial charge in [0.25, 0.3) is 0 Å². The van der Waals surface area contributed by atoms with Crippen molar-refractivity contribution in [1.29, 1.82) is 0 Å². The zero-order chi connectivity index (χ0) is 13.1. The highest BCUT2D eigenvalue weighted by Crippen LogP contribution is 2.42. The summed E-state index contributed by atoms with van der Waals surface area (Å²) in [7, 11) is 0. The standard InChI is InChI=1S/C18H25Cl/c19-18-12-10-17(11-13-18)16-8-6-15(7-9-16)14-4-2-1-3-5-14/h10-16H,1-9H2. The molecule has 0 radical (unpaired) electrons. The number of benzene rings is 1. The van der Waals surface area contributed by atoms with Crippen LogP contribution >= 0.6 is 11.6 Å². The molecule has 3 rings (SSSR count). The summed E-state index contributed by atoms with van der Waals surface area (Å²) in [5.74, 6) is 2.88. The van der Waals surface area contributed by atoms with Crippen molar-refractivity contribution in [3.05, 3.63) is 34.9 Å². The lowest BCUT2D eigenvalue weighted by Crippen LogP contribution is -2.22. The molecule has 104 valence electrons. The fraction of sp³-hybridized carbons (Fsp3) is 0.667. The van der Waals surface area contributed by atoms with E-state index in [1.807, 2.05) is 12.1 Å². The Labute approximate surface area is 122 Å².